The second-order valence-corrected chi connectivity index (χ2v) is 8.71. The molecular weight excluding hydrogens is 436 g/mol. The van der Waals surface area contributed by atoms with Crippen molar-refractivity contribution in [1.82, 2.24) is 4.98 Å². The lowest BCUT2D eigenvalue weighted by atomic mass is 9.95. The van der Waals surface area contributed by atoms with E-state index in [-0.39, 0.29) is 11.3 Å². The van der Waals surface area contributed by atoms with E-state index < -0.39 is 17.7 Å². The van der Waals surface area contributed by atoms with E-state index in [2.05, 4.69) is 4.98 Å². The molecule has 6 nitrogen and oxygen atoms in total. The summed E-state index contributed by atoms with van der Waals surface area (Å²) < 4.78 is 5.23. The lowest BCUT2D eigenvalue weighted by Gasteiger charge is -2.23. The zero-order valence-corrected chi connectivity index (χ0v) is 18.6. The normalized spacial score (nSPS) is 17.9. The van der Waals surface area contributed by atoms with Gasteiger partial charge in [-0.3, -0.25) is 14.5 Å². The van der Waals surface area contributed by atoms with Gasteiger partial charge in [-0.15, -0.1) is 11.3 Å². The Labute approximate surface area is 188 Å². The fraction of sp³-hybridized carbons (Fsp3) is 0.174. The average Bonchev–Trinajstić information content (AvgIpc) is 3.23. The first-order chi connectivity index (χ1) is 14.8. The number of hydrogen-bond acceptors (Lipinski definition) is 6. The molecule has 1 aliphatic rings. The van der Waals surface area contributed by atoms with Crippen LogP contribution in [0.3, 0.4) is 0 Å². The molecule has 0 radical (unpaired) electrons. The first-order valence-corrected chi connectivity index (χ1v) is 10.7. The fourth-order valence-corrected chi connectivity index (χ4v) is 4.52. The molecule has 2 aromatic carbocycles. The Morgan fingerprint density at radius 1 is 1.10 bits per heavy atom. The number of amides is 1. The van der Waals surface area contributed by atoms with Crippen molar-refractivity contribution in [2.24, 2.45) is 0 Å². The lowest BCUT2D eigenvalue weighted by molar-refractivity contribution is -0.132. The zero-order chi connectivity index (χ0) is 22.3. The third-order valence-electron chi connectivity index (χ3n) is 5.22. The summed E-state index contributed by atoms with van der Waals surface area (Å²) >= 11 is 7.29. The number of ether oxygens (including phenoxy) is 1. The number of thiazole rings is 1. The third kappa shape index (κ3) is 3.71. The zero-order valence-electron chi connectivity index (χ0n) is 17.0. The highest BCUT2D eigenvalue weighted by Crippen LogP contribution is 2.44. The van der Waals surface area contributed by atoms with Gasteiger partial charge in [0, 0.05) is 15.5 Å². The smallest absolute Gasteiger partial charge is 0.301 e. The SMILES string of the molecule is COc1ccc([C@@H]2C(=C(O)c3ccc(Cl)cc3)C(=O)C(=O)N2c2nc(C)c(C)s2)cc1. The van der Waals surface area contributed by atoms with Gasteiger partial charge >= 0.3 is 5.91 Å². The van der Waals surface area contributed by atoms with Gasteiger partial charge in [-0.1, -0.05) is 23.7 Å². The topological polar surface area (TPSA) is 79.7 Å². The van der Waals surface area contributed by atoms with Gasteiger partial charge in [0.15, 0.2) is 5.13 Å². The number of nitrogens with zero attached hydrogens (tertiary/aromatic N) is 2. The molecule has 0 unspecified atom stereocenters. The Morgan fingerprint density at radius 2 is 1.74 bits per heavy atom. The summed E-state index contributed by atoms with van der Waals surface area (Å²) in [4.78, 5) is 33.0. The van der Waals surface area contributed by atoms with E-state index in [9.17, 15) is 14.7 Å². The second kappa shape index (κ2) is 8.17. The van der Waals surface area contributed by atoms with Crippen LogP contribution in [0.1, 0.15) is 27.7 Å². The van der Waals surface area contributed by atoms with Crippen LogP contribution in [0.4, 0.5) is 5.13 Å². The van der Waals surface area contributed by atoms with E-state index in [0.717, 1.165) is 10.6 Å². The number of methoxy groups -OCH3 is 1. The number of hydrogen-bond donors (Lipinski definition) is 1. The summed E-state index contributed by atoms with van der Waals surface area (Å²) in [6.45, 7) is 3.76. The van der Waals surface area contributed by atoms with Crippen molar-refractivity contribution in [3.05, 3.63) is 80.8 Å². The Morgan fingerprint density at radius 3 is 2.29 bits per heavy atom. The van der Waals surface area contributed by atoms with Gasteiger partial charge in [0.2, 0.25) is 0 Å². The average molecular weight is 455 g/mol. The maximum absolute atomic E-state index is 13.1. The molecule has 31 heavy (non-hydrogen) atoms. The molecule has 0 bridgehead atoms. The minimum absolute atomic E-state index is 0.00277. The van der Waals surface area contributed by atoms with E-state index in [4.69, 9.17) is 16.3 Å². The predicted molar refractivity (Wildman–Crippen MR) is 121 cm³/mol. The van der Waals surface area contributed by atoms with E-state index in [1.807, 2.05) is 13.8 Å². The van der Waals surface area contributed by atoms with Crippen LogP contribution in [0, 0.1) is 13.8 Å². The Balaban J connectivity index is 1.93. The summed E-state index contributed by atoms with van der Waals surface area (Å²) in [5.41, 5.74) is 1.84. The van der Waals surface area contributed by atoms with E-state index in [1.54, 1.807) is 55.6 Å². The van der Waals surface area contributed by atoms with Gasteiger partial charge in [-0.2, -0.15) is 0 Å². The van der Waals surface area contributed by atoms with Crippen molar-refractivity contribution in [3.8, 4) is 5.75 Å². The highest BCUT2D eigenvalue weighted by atomic mass is 35.5. The number of Topliss-reactive ketones (excluding diaryl/α,β-unsaturated/α-hetero) is 1. The molecule has 1 amide bonds. The molecule has 0 aliphatic carbocycles. The minimum atomic E-state index is -0.827. The molecule has 8 heteroatoms. The van der Waals surface area contributed by atoms with Crippen LogP contribution in [-0.2, 0) is 9.59 Å². The Kier molecular flexibility index (Phi) is 5.56. The molecule has 1 N–H and O–H groups in total. The van der Waals surface area contributed by atoms with Gasteiger partial charge in [0.05, 0.1) is 24.4 Å². The van der Waals surface area contributed by atoms with Crippen LogP contribution in [0.25, 0.3) is 5.76 Å². The van der Waals surface area contributed by atoms with Gasteiger partial charge < -0.3 is 9.84 Å². The molecule has 1 aliphatic heterocycles. The van der Waals surface area contributed by atoms with Crippen LogP contribution in [0.15, 0.2) is 54.1 Å². The number of ketones is 1. The van der Waals surface area contributed by atoms with Gasteiger partial charge in [0.1, 0.15) is 11.5 Å². The van der Waals surface area contributed by atoms with Gasteiger partial charge in [0.25, 0.3) is 5.78 Å². The summed E-state index contributed by atoms with van der Waals surface area (Å²) in [6.07, 6.45) is 0. The molecule has 2 heterocycles. The molecule has 1 fully saturated rings. The lowest BCUT2D eigenvalue weighted by Crippen LogP contribution is -2.29. The monoisotopic (exact) mass is 454 g/mol. The molecule has 0 spiro atoms. The predicted octanol–water partition coefficient (Wildman–Crippen LogP) is 5.05. The molecular formula is C23H19ClN2O4S. The third-order valence-corrected chi connectivity index (χ3v) is 6.54. The van der Waals surface area contributed by atoms with Gasteiger partial charge in [-0.25, -0.2) is 4.98 Å². The van der Waals surface area contributed by atoms with E-state index in [1.165, 1.54) is 16.2 Å². The Hall–Kier alpha value is -3.16. The van der Waals surface area contributed by atoms with Crippen LogP contribution < -0.4 is 9.64 Å². The van der Waals surface area contributed by atoms with Crippen molar-refractivity contribution >= 4 is 45.5 Å². The summed E-state index contributed by atoms with van der Waals surface area (Å²) in [7, 11) is 1.56. The van der Waals surface area contributed by atoms with Crippen molar-refractivity contribution < 1.29 is 19.4 Å². The maximum Gasteiger partial charge on any atom is 0.301 e. The standard InChI is InChI=1S/C23H19ClN2O4S/c1-12-13(2)31-23(25-12)26-19(14-6-10-17(30-3)11-7-14)18(21(28)22(26)29)20(27)15-4-8-16(24)9-5-15/h4-11,19,27H,1-3H3/t19-/m1/s1. The number of aromatic nitrogens is 1. The van der Waals surface area contributed by atoms with Crippen molar-refractivity contribution in [3.63, 3.8) is 0 Å². The molecule has 0 saturated carbocycles. The van der Waals surface area contributed by atoms with Crippen molar-refractivity contribution in [2.45, 2.75) is 19.9 Å². The van der Waals surface area contributed by atoms with Crippen molar-refractivity contribution in [2.75, 3.05) is 12.0 Å². The maximum atomic E-state index is 13.1. The van der Waals surface area contributed by atoms with E-state index in [0.29, 0.717) is 27.0 Å². The van der Waals surface area contributed by atoms with Crippen LogP contribution in [-0.4, -0.2) is 28.9 Å². The fourth-order valence-electron chi connectivity index (χ4n) is 3.45. The number of benzene rings is 2. The quantitative estimate of drug-likeness (QED) is 0.339. The highest BCUT2D eigenvalue weighted by molar-refractivity contribution is 7.16. The number of aryl methyl sites for hydroxylation is 2. The molecule has 4 rings (SSSR count). The number of anilines is 1. The van der Waals surface area contributed by atoms with E-state index >= 15 is 0 Å². The minimum Gasteiger partial charge on any atom is -0.507 e. The second-order valence-electron chi connectivity index (χ2n) is 7.09. The molecule has 1 aromatic heterocycles. The summed E-state index contributed by atoms with van der Waals surface area (Å²) in [5, 5.41) is 12.0. The van der Waals surface area contributed by atoms with Crippen molar-refractivity contribution in [1.29, 1.82) is 0 Å². The summed E-state index contributed by atoms with van der Waals surface area (Å²) in [5.74, 6) is -1.12. The molecule has 1 saturated heterocycles. The van der Waals surface area contributed by atoms with Gasteiger partial charge in [-0.05, 0) is 55.8 Å². The molecule has 1 atom stereocenters. The Bertz CT molecular complexity index is 1180. The van der Waals surface area contributed by atoms with Crippen LogP contribution >= 0.6 is 22.9 Å². The first kappa shape index (κ1) is 21.1. The number of aliphatic hydroxyl groups excluding tert-OH is 1. The number of halogens is 1. The number of carbonyl (C=O) groups excluding carboxylic acids is 2. The molecule has 158 valence electrons. The number of carbonyl (C=O) groups is 2. The number of rotatable bonds is 4. The highest BCUT2D eigenvalue weighted by Gasteiger charge is 2.48. The summed E-state index contributed by atoms with van der Waals surface area (Å²) in [6, 6.07) is 12.6. The molecule has 3 aromatic rings. The largest absolute Gasteiger partial charge is 0.507 e. The number of aliphatic hydroxyl groups is 1. The van der Waals surface area contributed by atoms with Crippen LogP contribution in [0.5, 0.6) is 5.75 Å². The van der Waals surface area contributed by atoms with Crippen LogP contribution in [0.2, 0.25) is 5.02 Å². The first-order valence-electron chi connectivity index (χ1n) is 9.46.